The molecule has 0 aromatic rings. The van der Waals surface area contributed by atoms with Crippen molar-refractivity contribution in [2.24, 2.45) is 0 Å². The number of rotatable bonds is 10. The summed E-state index contributed by atoms with van der Waals surface area (Å²) in [5, 5.41) is 3.06. The first kappa shape index (κ1) is 15.2. The zero-order valence-electron chi connectivity index (χ0n) is 9.17. The molecular formula is C9H20ClNO3S. The fraction of sp³-hybridized carbons (Fsp3) is 1.00. The van der Waals surface area contributed by atoms with Crippen LogP contribution in [0.4, 0.5) is 0 Å². The largest absolute Gasteiger partial charge is 0.380 e. The molecule has 0 aromatic carbocycles. The molecule has 0 fully saturated rings. The number of alkyl halides is 1. The number of hydrogen-bond donors (Lipinski definition) is 1. The van der Waals surface area contributed by atoms with Crippen molar-refractivity contribution in [1.29, 1.82) is 0 Å². The Balaban J connectivity index is 3.19. The van der Waals surface area contributed by atoms with E-state index in [-0.39, 0.29) is 11.5 Å². The van der Waals surface area contributed by atoms with Crippen molar-refractivity contribution in [3.8, 4) is 0 Å². The summed E-state index contributed by atoms with van der Waals surface area (Å²) in [5.74, 6) is 0.946. The zero-order valence-corrected chi connectivity index (χ0v) is 10.7. The Kier molecular flexibility index (Phi) is 9.49. The summed E-state index contributed by atoms with van der Waals surface area (Å²) in [7, 11) is -2.83. The Morgan fingerprint density at radius 2 is 2.00 bits per heavy atom. The lowest BCUT2D eigenvalue weighted by molar-refractivity contribution is 0.146. The van der Waals surface area contributed by atoms with Crippen molar-refractivity contribution in [2.75, 3.05) is 43.7 Å². The quantitative estimate of drug-likeness (QED) is 0.461. The number of hydrogen-bond acceptors (Lipinski definition) is 4. The van der Waals surface area contributed by atoms with Gasteiger partial charge in [0, 0.05) is 24.8 Å². The van der Waals surface area contributed by atoms with Crippen molar-refractivity contribution in [3.05, 3.63) is 0 Å². The highest BCUT2D eigenvalue weighted by Crippen LogP contribution is 1.87. The van der Waals surface area contributed by atoms with Gasteiger partial charge in [-0.15, -0.1) is 11.6 Å². The lowest BCUT2D eigenvalue weighted by atomic mass is 10.4. The van der Waals surface area contributed by atoms with Gasteiger partial charge in [0.05, 0.1) is 12.4 Å². The highest BCUT2D eigenvalue weighted by atomic mass is 35.5. The molecule has 0 saturated carbocycles. The summed E-state index contributed by atoms with van der Waals surface area (Å²) in [6.07, 6.45) is 0.878. The maximum absolute atomic E-state index is 11.1. The molecule has 4 nitrogen and oxygen atoms in total. The van der Waals surface area contributed by atoms with Gasteiger partial charge in [-0.25, -0.2) is 8.42 Å². The fourth-order valence-electron chi connectivity index (χ4n) is 0.953. The van der Waals surface area contributed by atoms with E-state index >= 15 is 0 Å². The summed E-state index contributed by atoms with van der Waals surface area (Å²) in [5.41, 5.74) is 0. The van der Waals surface area contributed by atoms with Crippen molar-refractivity contribution in [2.45, 2.75) is 13.3 Å². The average Bonchev–Trinajstić information content (AvgIpc) is 2.22. The van der Waals surface area contributed by atoms with E-state index in [1.165, 1.54) is 0 Å². The molecule has 0 saturated heterocycles. The third-order valence-electron chi connectivity index (χ3n) is 1.89. The second-order valence-electron chi connectivity index (χ2n) is 3.14. The normalized spacial score (nSPS) is 11.9. The van der Waals surface area contributed by atoms with Crippen LogP contribution in [0.5, 0.6) is 0 Å². The van der Waals surface area contributed by atoms with Gasteiger partial charge in [-0.2, -0.15) is 0 Å². The molecule has 0 aliphatic carbocycles. The summed E-state index contributed by atoms with van der Waals surface area (Å²) < 4.78 is 27.3. The molecule has 0 heterocycles. The van der Waals surface area contributed by atoms with Crippen LogP contribution in [0.25, 0.3) is 0 Å². The minimum absolute atomic E-state index is 0.214. The van der Waals surface area contributed by atoms with Gasteiger partial charge in [-0.05, 0) is 13.0 Å². The molecule has 0 aliphatic heterocycles. The van der Waals surface area contributed by atoms with E-state index in [0.29, 0.717) is 25.6 Å². The van der Waals surface area contributed by atoms with Gasteiger partial charge in [0.1, 0.15) is 0 Å². The van der Waals surface area contributed by atoms with Crippen LogP contribution < -0.4 is 5.32 Å². The van der Waals surface area contributed by atoms with Gasteiger partial charge in [0.2, 0.25) is 0 Å². The highest BCUT2D eigenvalue weighted by Gasteiger charge is 2.05. The highest BCUT2D eigenvalue weighted by molar-refractivity contribution is 7.91. The maximum atomic E-state index is 11.1. The summed E-state index contributed by atoms with van der Waals surface area (Å²) in [6.45, 7) is 4.20. The van der Waals surface area contributed by atoms with Crippen LogP contribution in [-0.2, 0) is 14.6 Å². The molecule has 0 bridgehead atoms. The van der Waals surface area contributed by atoms with Crippen LogP contribution in [0.1, 0.15) is 13.3 Å². The molecule has 0 rings (SSSR count). The summed E-state index contributed by atoms with van der Waals surface area (Å²) >= 11 is 5.42. The molecule has 0 radical (unpaired) electrons. The number of sulfone groups is 1. The first-order valence-corrected chi connectivity index (χ1v) is 7.53. The molecule has 0 unspecified atom stereocenters. The second kappa shape index (κ2) is 9.39. The Labute approximate surface area is 97.3 Å². The van der Waals surface area contributed by atoms with E-state index in [2.05, 4.69) is 5.32 Å². The monoisotopic (exact) mass is 257 g/mol. The average molecular weight is 258 g/mol. The second-order valence-corrected chi connectivity index (χ2v) is 5.99. The molecule has 0 spiro atoms. The first-order valence-electron chi connectivity index (χ1n) is 5.17. The minimum atomic E-state index is -2.83. The van der Waals surface area contributed by atoms with Crippen molar-refractivity contribution in [1.82, 2.24) is 5.32 Å². The molecule has 0 aromatic heterocycles. The summed E-state index contributed by atoms with van der Waals surface area (Å²) in [6, 6.07) is 0. The molecule has 92 valence electrons. The summed E-state index contributed by atoms with van der Waals surface area (Å²) in [4.78, 5) is 0. The lowest BCUT2D eigenvalue weighted by Gasteiger charge is -2.05. The van der Waals surface area contributed by atoms with Crippen LogP contribution >= 0.6 is 11.6 Å². The molecular weight excluding hydrogens is 238 g/mol. The predicted molar refractivity (Wildman–Crippen MR) is 63.4 cm³/mol. The third-order valence-corrected chi connectivity index (χ3v) is 3.75. The Bertz CT molecular complexity index is 232. The standard InChI is InChI=1S/C9H20ClNO3S/c1-2-15(12,13)9-6-11-5-3-7-14-8-4-10/h11H,2-9H2,1H3. The zero-order chi connectivity index (χ0) is 11.6. The fourth-order valence-corrected chi connectivity index (χ4v) is 1.81. The minimum Gasteiger partial charge on any atom is -0.380 e. The van der Waals surface area contributed by atoms with E-state index in [1.54, 1.807) is 6.92 Å². The van der Waals surface area contributed by atoms with Gasteiger partial charge in [0.15, 0.2) is 9.84 Å². The Morgan fingerprint density at radius 1 is 1.27 bits per heavy atom. The molecule has 0 atom stereocenters. The van der Waals surface area contributed by atoms with Crippen LogP contribution in [0.2, 0.25) is 0 Å². The number of halogens is 1. The Morgan fingerprint density at radius 3 is 2.60 bits per heavy atom. The first-order chi connectivity index (χ1) is 7.12. The van der Waals surface area contributed by atoms with Crippen molar-refractivity contribution >= 4 is 21.4 Å². The molecule has 0 aliphatic rings. The van der Waals surface area contributed by atoms with Gasteiger partial charge < -0.3 is 10.1 Å². The topological polar surface area (TPSA) is 55.4 Å². The Hall–Kier alpha value is 0.160. The van der Waals surface area contributed by atoms with E-state index in [1.807, 2.05) is 0 Å². The van der Waals surface area contributed by atoms with E-state index in [0.717, 1.165) is 13.0 Å². The molecule has 15 heavy (non-hydrogen) atoms. The number of nitrogens with one attached hydrogen (secondary N) is 1. The van der Waals surface area contributed by atoms with Gasteiger partial charge >= 0.3 is 0 Å². The lowest BCUT2D eigenvalue weighted by Crippen LogP contribution is -2.25. The third kappa shape index (κ3) is 10.4. The van der Waals surface area contributed by atoms with Crippen molar-refractivity contribution in [3.63, 3.8) is 0 Å². The molecule has 1 N–H and O–H groups in total. The van der Waals surface area contributed by atoms with Crippen molar-refractivity contribution < 1.29 is 13.2 Å². The SMILES string of the molecule is CCS(=O)(=O)CCNCCCOCCCl. The van der Waals surface area contributed by atoms with E-state index < -0.39 is 9.84 Å². The van der Waals surface area contributed by atoms with Gasteiger partial charge in [-0.3, -0.25) is 0 Å². The van der Waals surface area contributed by atoms with Crippen LogP contribution in [0.15, 0.2) is 0 Å². The molecule has 6 heteroatoms. The van der Waals surface area contributed by atoms with Crippen LogP contribution in [0.3, 0.4) is 0 Å². The van der Waals surface area contributed by atoms with E-state index in [9.17, 15) is 8.42 Å². The maximum Gasteiger partial charge on any atom is 0.151 e. The van der Waals surface area contributed by atoms with Crippen LogP contribution in [-0.4, -0.2) is 52.1 Å². The predicted octanol–water partition coefficient (Wildman–Crippen LogP) is 0.656. The smallest absolute Gasteiger partial charge is 0.151 e. The van der Waals surface area contributed by atoms with Gasteiger partial charge in [-0.1, -0.05) is 6.92 Å². The molecule has 0 amide bonds. The van der Waals surface area contributed by atoms with Gasteiger partial charge in [0.25, 0.3) is 0 Å². The number of ether oxygens (including phenoxy) is 1. The van der Waals surface area contributed by atoms with E-state index in [4.69, 9.17) is 16.3 Å². The van der Waals surface area contributed by atoms with Crippen LogP contribution in [0, 0.1) is 0 Å².